The van der Waals surface area contributed by atoms with Crippen LogP contribution >= 0.6 is 11.3 Å². The first kappa shape index (κ1) is 19.2. The molecule has 0 atom stereocenters. The van der Waals surface area contributed by atoms with Gasteiger partial charge in [0.15, 0.2) is 0 Å². The van der Waals surface area contributed by atoms with E-state index in [9.17, 15) is 9.59 Å². The molecule has 2 heterocycles. The van der Waals surface area contributed by atoms with Crippen LogP contribution in [-0.4, -0.2) is 36.3 Å². The number of piperidine rings is 1. The molecule has 4 rings (SSSR count). The molecule has 6 heteroatoms. The van der Waals surface area contributed by atoms with Gasteiger partial charge in [0.25, 0.3) is 5.91 Å². The van der Waals surface area contributed by atoms with Crippen molar-refractivity contribution in [2.24, 2.45) is 11.7 Å². The topological polar surface area (TPSA) is 75.4 Å². The molecule has 1 saturated carbocycles. The van der Waals surface area contributed by atoms with Crippen LogP contribution in [0.25, 0.3) is 0 Å². The Kier molecular flexibility index (Phi) is 5.78. The molecule has 2 amide bonds. The normalized spacial score (nSPS) is 18.1. The third-order valence-electron chi connectivity index (χ3n) is 5.84. The summed E-state index contributed by atoms with van der Waals surface area (Å²) in [6.07, 6.45) is 5.10. The summed E-state index contributed by atoms with van der Waals surface area (Å²) in [5.41, 5.74) is 8.70. The maximum Gasteiger partial charge on any atom is 0.266 e. The number of anilines is 1. The fourth-order valence-corrected chi connectivity index (χ4v) is 4.77. The number of nitrogens with zero attached hydrogens (tertiary/aromatic N) is 1. The van der Waals surface area contributed by atoms with E-state index in [2.05, 4.69) is 28.4 Å². The quantitative estimate of drug-likeness (QED) is 0.749. The minimum absolute atomic E-state index is 0.00183. The Morgan fingerprint density at radius 1 is 1.07 bits per heavy atom. The molecular formula is C22H27N3O2S. The van der Waals surface area contributed by atoms with Gasteiger partial charge in [-0.1, -0.05) is 12.1 Å². The Morgan fingerprint density at radius 2 is 1.79 bits per heavy atom. The van der Waals surface area contributed by atoms with E-state index in [0.717, 1.165) is 49.5 Å². The third-order valence-corrected chi connectivity index (χ3v) is 6.77. The van der Waals surface area contributed by atoms with Gasteiger partial charge in [0.1, 0.15) is 0 Å². The van der Waals surface area contributed by atoms with Gasteiger partial charge >= 0.3 is 0 Å². The summed E-state index contributed by atoms with van der Waals surface area (Å²) >= 11 is 1.53. The van der Waals surface area contributed by atoms with Crippen molar-refractivity contribution in [3.63, 3.8) is 0 Å². The number of primary amides is 1. The van der Waals surface area contributed by atoms with Crippen molar-refractivity contribution in [3.8, 4) is 0 Å². The minimum Gasteiger partial charge on any atom is -0.369 e. The van der Waals surface area contributed by atoms with Gasteiger partial charge in [-0.25, -0.2) is 0 Å². The lowest BCUT2D eigenvalue weighted by Gasteiger charge is -2.30. The molecule has 1 aromatic heterocycles. The number of amides is 2. The highest BCUT2D eigenvalue weighted by atomic mass is 32.1. The van der Waals surface area contributed by atoms with Crippen LogP contribution in [0.1, 0.15) is 52.4 Å². The molecule has 5 nitrogen and oxygen atoms in total. The number of hydrogen-bond donors (Lipinski definition) is 2. The average molecular weight is 398 g/mol. The first-order chi connectivity index (χ1) is 13.6. The maximum atomic E-state index is 12.6. The molecule has 28 heavy (non-hydrogen) atoms. The van der Waals surface area contributed by atoms with Crippen LogP contribution in [0.15, 0.2) is 35.7 Å². The van der Waals surface area contributed by atoms with Crippen LogP contribution in [0.3, 0.4) is 0 Å². The summed E-state index contributed by atoms with van der Waals surface area (Å²) < 4.78 is 0. The van der Waals surface area contributed by atoms with E-state index in [4.69, 9.17) is 5.73 Å². The Balaban J connectivity index is 1.26. The van der Waals surface area contributed by atoms with E-state index in [1.54, 1.807) is 0 Å². The molecule has 1 aliphatic carbocycles. The van der Waals surface area contributed by atoms with E-state index in [0.29, 0.717) is 5.92 Å². The molecule has 0 radical (unpaired) electrons. The molecule has 0 unspecified atom stereocenters. The van der Waals surface area contributed by atoms with Gasteiger partial charge < -0.3 is 16.0 Å². The van der Waals surface area contributed by atoms with Crippen LogP contribution in [-0.2, 0) is 11.2 Å². The van der Waals surface area contributed by atoms with E-state index in [1.807, 2.05) is 17.5 Å². The van der Waals surface area contributed by atoms with Gasteiger partial charge in [0.2, 0.25) is 5.91 Å². The number of nitrogens with two attached hydrogens (primary N) is 1. The zero-order valence-electron chi connectivity index (χ0n) is 16.0. The zero-order chi connectivity index (χ0) is 19.5. The van der Waals surface area contributed by atoms with E-state index >= 15 is 0 Å². The molecule has 148 valence electrons. The zero-order valence-corrected chi connectivity index (χ0v) is 16.8. The molecule has 3 N–H and O–H groups in total. The Hall–Kier alpha value is -2.18. The highest BCUT2D eigenvalue weighted by Crippen LogP contribution is 2.43. The van der Waals surface area contributed by atoms with Gasteiger partial charge in [0, 0.05) is 18.2 Å². The SMILES string of the molecule is NC(=O)C1CCN(CCc2ccc(NC(=O)c3sccc3C3CC3)cc2)CC1. The van der Waals surface area contributed by atoms with Crippen LogP contribution < -0.4 is 11.1 Å². The average Bonchev–Trinajstić information content (AvgIpc) is 3.43. The minimum atomic E-state index is -0.163. The lowest BCUT2D eigenvalue weighted by molar-refractivity contribution is -0.123. The predicted octanol–water partition coefficient (Wildman–Crippen LogP) is 3.62. The van der Waals surface area contributed by atoms with E-state index in [-0.39, 0.29) is 17.7 Å². The predicted molar refractivity (Wildman–Crippen MR) is 113 cm³/mol. The highest BCUT2D eigenvalue weighted by Gasteiger charge is 2.29. The number of carbonyl (C=O) groups is 2. The first-order valence-electron chi connectivity index (χ1n) is 10.1. The number of benzene rings is 1. The summed E-state index contributed by atoms with van der Waals surface area (Å²) in [5.74, 6) is 0.469. The summed E-state index contributed by atoms with van der Waals surface area (Å²) in [6, 6.07) is 10.2. The second-order valence-electron chi connectivity index (χ2n) is 7.90. The molecule has 1 aromatic carbocycles. The van der Waals surface area contributed by atoms with Crippen LogP contribution in [0.5, 0.6) is 0 Å². The Labute approximate surface area is 169 Å². The lowest BCUT2D eigenvalue weighted by Crippen LogP contribution is -2.39. The van der Waals surface area contributed by atoms with Crippen molar-refractivity contribution in [1.82, 2.24) is 4.90 Å². The number of rotatable bonds is 7. The van der Waals surface area contributed by atoms with Gasteiger partial charge in [-0.2, -0.15) is 0 Å². The second-order valence-corrected chi connectivity index (χ2v) is 8.81. The summed E-state index contributed by atoms with van der Waals surface area (Å²) in [7, 11) is 0. The largest absolute Gasteiger partial charge is 0.369 e. The number of nitrogens with one attached hydrogen (secondary N) is 1. The van der Waals surface area contributed by atoms with Gasteiger partial charge in [0.05, 0.1) is 4.88 Å². The van der Waals surface area contributed by atoms with Gasteiger partial charge in [-0.3, -0.25) is 9.59 Å². The molecule has 1 aliphatic heterocycles. The summed E-state index contributed by atoms with van der Waals surface area (Å²) in [5, 5.41) is 5.04. The molecule has 2 aliphatic rings. The van der Waals surface area contributed by atoms with Crippen molar-refractivity contribution in [1.29, 1.82) is 0 Å². The monoisotopic (exact) mass is 397 g/mol. The summed E-state index contributed by atoms with van der Waals surface area (Å²) in [6.45, 7) is 2.86. The smallest absolute Gasteiger partial charge is 0.266 e. The van der Waals surface area contributed by atoms with Gasteiger partial charge in [-0.15, -0.1) is 11.3 Å². The standard InChI is InChI=1S/C22H27N3O2S/c23-21(26)17-8-12-25(13-9-17)11-7-15-1-5-18(6-2-15)24-22(27)20-19(10-14-28-20)16-3-4-16/h1-2,5-6,10,14,16-17H,3-4,7-9,11-13H2,(H2,23,26)(H,24,27). The van der Waals surface area contributed by atoms with Crippen molar-refractivity contribution < 1.29 is 9.59 Å². The number of carbonyl (C=O) groups excluding carboxylic acids is 2. The molecule has 2 fully saturated rings. The first-order valence-corrected chi connectivity index (χ1v) is 11.0. The van der Waals surface area contributed by atoms with Crippen LogP contribution in [0.2, 0.25) is 0 Å². The van der Waals surface area contributed by atoms with E-state index in [1.165, 1.54) is 35.3 Å². The van der Waals surface area contributed by atoms with Gasteiger partial charge in [-0.05, 0) is 85.8 Å². The second kappa shape index (κ2) is 8.45. The van der Waals surface area contributed by atoms with E-state index < -0.39 is 0 Å². The molecule has 0 spiro atoms. The number of thiophene rings is 1. The fraction of sp³-hybridized carbons (Fsp3) is 0.455. The number of likely N-dealkylation sites (tertiary alicyclic amines) is 1. The fourth-order valence-electron chi connectivity index (χ4n) is 3.89. The highest BCUT2D eigenvalue weighted by molar-refractivity contribution is 7.12. The molecule has 2 aromatic rings. The van der Waals surface area contributed by atoms with Crippen molar-refractivity contribution >= 4 is 28.8 Å². The van der Waals surface area contributed by atoms with Crippen molar-refractivity contribution in [3.05, 3.63) is 51.7 Å². The lowest BCUT2D eigenvalue weighted by atomic mass is 9.96. The Morgan fingerprint density at radius 3 is 2.43 bits per heavy atom. The van der Waals surface area contributed by atoms with Crippen LogP contribution in [0.4, 0.5) is 5.69 Å². The number of hydrogen-bond acceptors (Lipinski definition) is 4. The Bertz CT molecular complexity index is 834. The molecule has 0 bridgehead atoms. The molecule has 1 saturated heterocycles. The molecular weight excluding hydrogens is 370 g/mol. The van der Waals surface area contributed by atoms with Crippen LogP contribution in [0, 0.1) is 5.92 Å². The maximum absolute atomic E-state index is 12.6. The third kappa shape index (κ3) is 4.62. The summed E-state index contributed by atoms with van der Waals surface area (Å²) in [4.78, 5) is 27.1. The van der Waals surface area contributed by atoms with Crippen molar-refractivity contribution in [2.75, 3.05) is 25.0 Å². The van der Waals surface area contributed by atoms with Crippen molar-refractivity contribution in [2.45, 2.75) is 38.0 Å².